The van der Waals surface area contributed by atoms with Gasteiger partial charge in [0.25, 0.3) is 11.8 Å². The lowest BCUT2D eigenvalue weighted by atomic mass is 9.96. The maximum absolute atomic E-state index is 14.3. The number of amides is 2. The number of phenolic OH excluding ortho intramolecular Hbond substituents is 2. The first-order valence-electron chi connectivity index (χ1n) is 14.9. The molecule has 13 heteroatoms. The zero-order chi connectivity index (χ0) is 33.3. The van der Waals surface area contributed by atoms with E-state index in [-0.39, 0.29) is 40.2 Å². The van der Waals surface area contributed by atoms with E-state index in [1.54, 1.807) is 30.4 Å². The highest BCUT2D eigenvalue weighted by molar-refractivity contribution is 6.39. The number of fused-ring (bicyclic) bond motifs is 10. The molecule has 4 heterocycles. The number of aliphatic hydroxyl groups is 4. The average molecular weight is 641 g/mol. The fraction of sp³-hybridized carbons (Fsp3) is 0.235. The number of aromatic hydroxyl groups is 2. The normalized spacial score (nSPS) is 23.7. The number of phenols is 2. The summed E-state index contributed by atoms with van der Waals surface area (Å²) in [5, 5.41) is 66.0. The van der Waals surface area contributed by atoms with Crippen LogP contribution >= 0.6 is 0 Å². The van der Waals surface area contributed by atoms with Crippen LogP contribution in [-0.4, -0.2) is 94.6 Å². The van der Waals surface area contributed by atoms with Crippen molar-refractivity contribution in [2.75, 3.05) is 13.2 Å². The maximum atomic E-state index is 14.3. The van der Waals surface area contributed by atoms with Crippen LogP contribution in [0.15, 0.2) is 72.9 Å². The van der Waals surface area contributed by atoms with E-state index in [9.17, 15) is 40.2 Å². The predicted octanol–water partition coefficient (Wildman–Crippen LogP) is 2.60. The Hall–Kier alpha value is -5.02. The first-order chi connectivity index (χ1) is 22.6. The summed E-state index contributed by atoms with van der Waals surface area (Å²) in [6, 6.07) is 8.93. The van der Waals surface area contributed by atoms with Gasteiger partial charge >= 0.3 is 0 Å². The SMILES string of the molecule is C=C/C=C\C(=C/C)CNN1C(=O)c2c(c3c4ccc(O)cc4n(C4OC(CO)C(O)C(O)C4O)c3c3[nH]c4cc(O)ccc4c23)C1=O. The number of carbonyl (C=O) groups is 2. The average Bonchev–Trinajstić information content (AvgIpc) is 3.67. The number of rotatable bonds is 7. The summed E-state index contributed by atoms with van der Waals surface area (Å²) < 4.78 is 7.48. The Morgan fingerprint density at radius 2 is 1.66 bits per heavy atom. The molecule has 8 N–H and O–H groups in total. The summed E-state index contributed by atoms with van der Waals surface area (Å²) >= 11 is 0. The summed E-state index contributed by atoms with van der Waals surface area (Å²) in [5.41, 5.74) is 5.25. The van der Waals surface area contributed by atoms with Gasteiger partial charge in [-0.2, -0.15) is 0 Å². The summed E-state index contributed by atoms with van der Waals surface area (Å²) in [6.07, 6.45) is -0.794. The van der Waals surface area contributed by atoms with E-state index in [0.29, 0.717) is 32.6 Å². The third-order valence-electron chi connectivity index (χ3n) is 8.97. The van der Waals surface area contributed by atoms with Crippen molar-refractivity contribution < 1.29 is 45.0 Å². The second-order valence-corrected chi connectivity index (χ2v) is 11.6. The van der Waals surface area contributed by atoms with Crippen molar-refractivity contribution in [2.24, 2.45) is 0 Å². The standard InChI is InChI=1S/C34H32N4O9/c1-3-5-6-15(4-2)13-35-38-32(45)25-23-18-9-7-16(40)11-20(18)36-27(23)28-24(26(25)33(38)46)19-10-8-17(41)12-21(19)37(28)34-31(44)30(43)29(42)22(14-39)47-34/h3-12,22,29-31,34-36,39-44H,1,13-14H2,2H3/b6-5-,15-4+. The summed E-state index contributed by atoms with van der Waals surface area (Å²) in [7, 11) is 0. The van der Waals surface area contributed by atoms with Crippen LogP contribution in [0.2, 0.25) is 0 Å². The molecule has 0 bridgehead atoms. The van der Waals surface area contributed by atoms with Crippen LogP contribution in [0, 0.1) is 0 Å². The van der Waals surface area contributed by atoms with Gasteiger partial charge in [0.1, 0.15) is 35.9 Å². The largest absolute Gasteiger partial charge is 0.508 e. The molecule has 0 radical (unpaired) electrons. The zero-order valence-corrected chi connectivity index (χ0v) is 25.1. The Balaban J connectivity index is 1.57. The fourth-order valence-electron chi connectivity index (χ4n) is 6.74. The fourth-order valence-corrected chi connectivity index (χ4v) is 6.74. The number of imide groups is 1. The van der Waals surface area contributed by atoms with Gasteiger partial charge in [-0.05, 0) is 36.8 Å². The highest BCUT2D eigenvalue weighted by Crippen LogP contribution is 2.47. The molecule has 3 aromatic carbocycles. The van der Waals surface area contributed by atoms with Gasteiger partial charge in [-0.3, -0.25) is 9.59 Å². The Morgan fingerprint density at radius 3 is 2.34 bits per heavy atom. The third-order valence-corrected chi connectivity index (χ3v) is 8.97. The number of hydrogen-bond donors (Lipinski definition) is 8. The number of nitrogens with one attached hydrogen (secondary N) is 2. The molecule has 1 fully saturated rings. The zero-order valence-electron chi connectivity index (χ0n) is 25.1. The van der Waals surface area contributed by atoms with E-state index in [1.165, 1.54) is 28.8 Å². The van der Waals surface area contributed by atoms with Gasteiger partial charge in [0.2, 0.25) is 0 Å². The monoisotopic (exact) mass is 640 g/mol. The van der Waals surface area contributed by atoms with Crippen molar-refractivity contribution in [1.82, 2.24) is 20.0 Å². The number of aromatic nitrogens is 2. The number of carbonyl (C=O) groups excluding carboxylic acids is 2. The summed E-state index contributed by atoms with van der Waals surface area (Å²) in [4.78, 5) is 31.8. The molecule has 2 aliphatic rings. The molecule has 47 heavy (non-hydrogen) atoms. The van der Waals surface area contributed by atoms with Crippen LogP contribution in [-0.2, 0) is 4.74 Å². The van der Waals surface area contributed by atoms with Crippen molar-refractivity contribution in [1.29, 1.82) is 0 Å². The van der Waals surface area contributed by atoms with E-state index < -0.39 is 49.1 Å². The van der Waals surface area contributed by atoms with Crippen molar-refractivity contribution >= 4 is 55.4 Å². The molecule has 5 aromatic rings. The van der Waals surface area contributed by atoms with Crippen molar-refractivity contribution in [3.8, 4) is 11.5 Å². The topological polar surface area (TPSA) is 201 Å². The van der Waals surface area contributed by atoms with Gasteiger partial charge in [-0.25, -0.2) is 10.4 Å². The van der Waals surface area contributed by atoms with Crippen LogP contribution in [0.25, 0.3) is 43.6 Å². The molecule has 0 spiro atoms. The minimum Gasteiger partial charge on any atom is -0.508 e. The Morgan fingerprint density at radius 1 is 0.979 bits per heavy atom. The molecule has 2 aromatic heterocycles. The molecule has 0 aliphatic carbocycles. The Bertz CT molecular complexity index is 2190. The van der Waals surface area contributed by atoms with Crippen LogP contribution < -0.4 is 5.43 Å². The minimum absolute atomic E-state index is 0.0477. The molecule has 2 aliphatic heterocycles. The number of aromatic amines is 1. The minimum atomic E-state index is -1.72. The number of ether oxygens (including phenoxy) is 1. The number of nitrogens with zero attached hydrogens (tertiary/aromatic N) is 2. The number of hydrazine groups is 1. The highest BCUT2D eigenvalue weighted by atomic mass is 16.6. The van der Waals surface area contributed by atoms with E-state index in [0.717, 1.165) is 10.6 Å². The molecule has 1 saturated heterocycles. The summed E-state index contributed by atoms with van der Waals surface area (Å²) in [5.74, 6) is -1.46. The predicted molar refractivity (Wildman–Crippen MR) is 173 cm³/mol. The highest BCUT2D eigenvalue weighted by Gasteiger charge is 2.47. The van der Waals surface area contributed by atoms with E-state index >= 15 is 0 Å². The number of H-pyrrole nitrogens is 1. The van der Waals surface area contributed by atoms with Gasteiger partial charge in [0, 0.05) is 40.2 Å². The van der Waals surface area contributed by atoms with Gasteiger partial charge in [-0.15, -0.1) is 0 Å². The number of hydrogen-bond acceptors (Lipinski definition) is 10. The lowest BCUT2D eigenvalue weighted by Crippen LogP contribution is -2.56. The second-order valence-electron chi connectivity index (χ2n) is 11.6. The van der Waals surface area contributed by atoms with E-state index in [2.05, 4.69) is 17.0 Å². The molecule has 13 nitrogen and oxygen atoms in total. The molecule has 2 amide bonds. The molecule has 7 rings (SSSR count). The summed E-state index contributed by atoms with van der Waals surface area (Å²) in [6.45, 7) is 4.96. The number of benzene rings is 3. The van der Waals surface area contributed by atoms with Gasteiger partial charge in [0.05, 0.1) is 39.8 Å². The second kappa shape index (κ2) is 11.3. The van der Waals surface area contributed by atoms with Gasteiger partial charge < -0.3 is 44.9 Å². The van der Waals surface area contributed by atoms with Crippen molar-refractivity contribution in [2.45, 2.75) is 37.6 Å². The van der Waals surface area contributed by atoms with E-state index in [4.69, 9.17) is 4.74 Å². The molecule has 5 atom stereocenters. The van der Waals surface area contributed by atoms with Crippen LogP contribution in [0.3, 0.4) is 0 Å². The number of allylic oxidation sites excluding steroid dienone is 3. The molecule has 5 unspecified atom stereocenters. The van der Waals surface area contributed by atoms with E-state index in [1.807, 2.05) is 13.0 Å². The smallest absolute Gasteiger partial charge is 0.276 e. The first-order valence-corrected chi connectivity index (χ1v) is 14.9. The van der Waals surface area contributed by atoms with Crippen LogP contribution in [0.1, 0.15) is 33.9 Å². The Kier molecular flexibility index (Phi) is 7.39. The lowest BCUT2D eigenvalue weighted by Gasteiger charge is -2.41. The first kappa shape index (κ1) is 30.6. The molecule has 242 valence electrons. The molecule has 0 saturated carbocycles. The lowest BCUT2D eigenvalue weighted by molar-refractivity contribution is -0.249. The van der Waals surface area contributed by atoms with Gasteiger partial charge in [0.15, 0.2) is 6.23 Å². The third kappa shape index (κ3) is 4.47. The van der Waals surface area contributed by atoms with Crippen molar-refractivity contribution in [3.05, 3.63) is 84.0 Å². The van der Waals surface area contributed by atoms with Crippen LogP contribution in [0.5, 0.6) is 11.5 Å². The maximum Gasteiger partial charge on any atom is 0.276 e. The molecular formula is C34H32N4O9. The van der Waals surface area contributed by atoms with Crippen LogP contribution in [0.4, 0.5) is 0 Å². The van der Waals surface area contributed by atoms with Gasteiger partial charge in [-0.1, -0.05) is 30.9 Å². The molecular weight excluding hydrogens is 608 g/mol. The number of aliphatic hydroxyl groups excluding tert-OH is 4. The van der Waals surface area contributed by atoms with Crippen molar-refractivity contribution in [3.63, 3.8) is 0 Å². The quantitative estimate of drug-likeness (QED) is 0.0966. The Labute approximate surface area is 266 Å².